The zero-order valence-corrected chi connectivity index (χ0v) is 16.9. The second kappa shape index (κ2) is 7.92. The summed E-state index contributed by atoms with van der Waals surface area (Å²) in [7, 11) is 0. The number of carbonyl (C=O) groups is 1. The largest absolute Gasteiger partial charge is 0.366 e. The number of fused-ring (bicyclic) bond motifs is 1. The van der Waals surface area contributed by atoms with Crippen LogP contribution in [0.25, 0.3) is 22.2 Å². The Bertz CT molecular complexity index is 1180. The molecular weight excluding hydrogens is 358 g/mol. The molecule has 2 aromatic carbocycles. The number of nitrogens with zero attached hydrogens (tertiary/aromatic N) is 2. The number of hydrogen-bond acceptors (Lipinski definition) is 2. The van der Waals surface area contributed by atoms with Gasteiger partial charge in [0.05, 0.1) is 16.8 Å². The van der Waals surface area contributed by atoms with E-state index in [2.05, 4.69) is 29.7 Å². The van der Waals surface area contributed by atoms with Crippen molar-refractivity contribution in [1.29, 1.82) is 0 Å². The number of benzene rings is 2. The highest BCUT2D eigenvalue weighted by Crippen LogP contribution is 2.34. The summed E-state index contributed by atoms with van der Waals surface area (Å²) in [4.78, 5) is 17.4. The Morgan fingerprint density at radius 3 is 2.45 bits per heavy atom. The Labute approximate surface area is 171 Å². The summed E-state index contributed by atoms with van der Waals surface area (Å²) in [5, 5.41) is 1.08. The van der Waals surface area contributed by atoms with Crippen LogP contribution in [-0.2, 0) is 13.0 Å². The maximum atomic E-state index is 12.5. The third-order valence-electron chi connectivity index (χ3n) is 5.40. The molecule has 4 aromatic rings. The van der Waals surface area contributed by atoms with Crippen LogP contribution < -0.4 is 5.73 Å². The van der Waals surface area contributed by atoms with E-state index in [9.17, 15) is 4.79 Å². The van der Waals surface area contributed by atoms with Crippen LogP contribution in [0.3, 0.4) is 0 Å². The van der Waals surface area contributed by atoms with Gasteiger partial charge in [0.15, 0.2) is 0 Å². The van der Waals surface area contributed by atoms with Crippen LogP contribution in [0.4, 0.5) is 0 Å². The van der Waals surface area contributed by atoms with Gasteiger partial charge in [-0.25, -0.2) is 4.98 Å². The maximum absolute atomic E-state index is 12.5. The zero-order chi connectivity index (χ0) is 20.4. The van der Waals surface area contributed by atoms with E-state index >= 15 is 0 Å². The SMILES string of the molecule is CCCc1c(-c2ccc3ccccc3n2)c(C(N)=O)c(C)n1Cc1ccccc1. The lowest BCUT2D eigenvalue weighted by molar-refractivity contribution is 0.1000. The number of rotatable bonds is 6. The van der Waals surface area contributed by atoms with Crippen molar-refractivity contribution in [2.75, 3.05) is 0 Å². The Kier molecular flexibility index (Phi) is 5.17. The lowest BCUT2D eigenvalue weighted by atomic mass is 10.0. The Hall–Kier alpha value is -3.40. The van der Waals surface area contributed by atoms with Crippen molar-refractivity contribution in [1.82, 2.24) is 9.55 Å². The van der Waals surface area contributed by atoms with Crippen LogP contribution in [0.15, 0.2) is 66.7 Å². The third kappa shape index (κ3) is 3.54. The van der Waals surface area contributed by atoms with E-state index in [1.165, 1.54) is 5.56 Å². The summed E-state index contributed by atoms with van der Waals surface area (Å²) in [6.45, 7) is 4.83. The minimum Gasteiger partial charge on any atom is -0.366 e. The molecule has 0 unspecified atom stereocenters. The fourth-order valence-corrected chi connectivity index (χ4v) is 4.06. The first-order valence-corrected chi connectivity index (χ1v) is 10.0. The number of hydrogen-bond donors (Lipinski definition) is 1. The first-order chi connectivity index (χ1) is 14.1. The molecule has 0 saturated heterocycles. The number of para-hydroxylation sites is 1. The van der Waals surface area contributed by atoms with Crippen molar-refractivity contribution >= 4 is 16.8 Å². The minimum atomic E-state index is -0.406. The summed E-state index contributed by atoms with van der Waals surface area (Å²) < 4.78 is 2.23. The molecule has 0 atom stereocenters. The molecule has 4 nitrogen and oxygen atoms in total. The van der Waals surface area contributed by atoms with Crippen molar-refractivity contribution < 1.29 is 4.79 Å². The lowest BCUT2D eigenvalue weighted by Gasteiger charge is -2.13. The van der Waals surface area contributed by atoms with Crippen LogP contribution in [0, 0.1) is 6.92 Å². The molecule has 0 aliphatic carbocycles. The van der Waals surface area contributed by atoms with Crippen LogP contribution in [0.5, 0.6) is 0 Å². The smallest absolute Gasteiger partial charge is 0.251 e. The fourth-order valence-electron chi connectivity index (χ4n) is 4.06. The van der Waals surface area contributed by atoms with Crippen molar-refractivity contribution in [3.05, 3.63) is 89.2 Å². The topological polar surface area (TPSA) is 60.9 Å². The molecule has 1 amide bonds. The van der Waals surface area contributed by atoms with Gasteiger partial charge in [-0.15, -0.1) is 0 Å². The minimum absolute atomic E-state index is 0.406. The molecule has 2 heterocycles. The van der Waals surface area contributed by atoms with Gasteiger partial charge in [0.25, 0.3) is 5.91 Å². The predicted molar refractivity (Wildman–Crippen MR) is 118 cm³/mol. The van der Waals surface area contributed by atoms with E-state index in [0.29, 0.717) is 12.1 Å². The molecule has 0 spiro atoms. The summed E-state index contributed by atoms with van der Waals surface area (Å²) in [6, 6.07) is 22.4. The van der Waals surface area contributed by atoms with Crippen molar-refractivity contribution in [2.24, 2.45) is 5.73 Å². The average molecular weight is 383 g/mol. The van der Waals surface area contributed by atoms with Crippen LogP contribution in [0.1, 0.15) is 40.7 Å². The van der Waals surface area contributed by atoms with E-state index in [-0.39, 0.29) is 0 Å². The molecule has 0 bridgehead atoms. The zero-order valence-electron chi connectivity index (χ0n) is 16.9. The Balaban J connectivity index is 1.95. The molecule has 4 heteroatoms. The van der Waals surface area contributed by atoms with E-state index < -0.39 is 5.91 Å². The molecule has 2 N–H and O–H groups in total. The number of aromatic nitrogens is 2. The average Bonchev–Trinajstić information content (AvgIpc) is 3.00. The summed E-state index contributed by atoms with van der Waals surface area (Å²) in [5.41, 5.74) is 12.2. The molecule has 2 aromatic heterocycles. The maximum Gasteiger partial charge on any atom is 0.251 e. The molecule has 4 rings (SSSR count). The number of carbonyl (C=O) groups excluding carboxylic acids is 1. The number of amides is 1. The first-order valence-electron chi connectivity index (χ1n) is 10.0. The van der Waals surface area contributed by atoms with E-state index in [4.69, 9.17) is 10.7 Å². The van der Waals surface area contributed by atoms with Gasteiger partial charge in [-0.1, -0.05) is 67.9 Å². The number of primary amides is 1. The van der Waals surface area contributed by atoms with Gasteiger partial charge in [-0.3, -0.25) is 4.79 Å². The Morgan fingerprint density at radius 1 is 1.00 bits per heavy atom. The molecule has 0 aliphatic rings. The standard InChI is InChI=1S/C25H25N3O/c1-3-9-22-24(21-15-14-19-12-7-8-13-20(19)27-21)23(25(26)29)17(2)28(22)16-18-10-5-4-6-11-18/h4-8,10-15H,3,9,16H2,1-2H3,(H2,26,29). The van der Waals surface area contributed by atoms with Crippen LogP contribution in [-0.4, -0.2) is 15.5 Å². The van der Waals surface area contributed by atoms with Crippen LogP contribution >= 0.6 is 0 Å². The van der Waals surface area contributed by atoms with Crippen LogP contribution in [0.2, 0.25) is 0 Å². The highest BCUT2D eigenvalue weighted by atomic mass is 16.1. The second-order valence-electron chi connectivity index (χ2n) is 7.36. The van der Waals surface area contributed by atoms with Crippen molar-refractivity contribution in [2.45, 2.75) is 33.2 Å². The highest BCUT2D eigenvalue weighted by Gasteiger charge is 2.25. The van der Waals surface area contributed by atoms with Gasteiger partial charge in [0, 0.05) is 28.9 Å². The predicted octanol–water partition coefficient (Wildman–Crippen LogP) is 5.11. The van der Waals surface area contributed by atoms with Crippen molar-refractivity contribution in [3.63, 3.8) is 0 Å². The van der Waals surface area contributed by atoms with E-state index in [1.54, 1.807) is 0 Å². The van der Waals surface area contributed by atoms with Gasteiger partial charge < -0.3 is 10.3 Å². The fraction of sp³-hybridized carbons (Fsp3) is 0.200. The molecule has 0 fully saturated rings. The quantitative estimate of drug-likeness (QED) is 0.503. The molecule has 0 aliphatic heterocycles. The molecule has 0 saturated carbocycles. The van der Waals surface area contributed by atoms with Gasteiger partial charge in [0.1, 0.15) is 0 Å². The highest BCUT2D eigenvalue weighted by molar-refractivity contribution is 6.02. The second-order valence-corrected chi connectivity index (χ2v) is 7.36. The van der Waals surface area contributed by atoms with E-state index in [0.717, 1.165) is 46.4 Å². The monoisotopic (exact) mass is 383 g/mol. The number of pyridine rings is 1. The molecular formula is C25H25N3O. The summed E-state index contributed by atoms with van der Waals surface area (Å²) >= 11 is 0. The van der Waals surface area contributed by atoms with Crippen molar-refractivity contribution in [3.8, 4) is 11.3 Å². The van der Waals surface area contributed by atoms with Gasteiger partial charge in [-0.2, -0.15) is 0 Å². The molecule has 146 valence electrons. The first kappa shape index (κ1) is 18.9. The molecule has 29 heavy (non-hydrogen) atoms. The Morgan fingerprint density at radius 2 is 1.72 bits per heavy atom. The molecule has 0 radical (unpaired) electrons. The van der Waals surface area contributed by atoms with Gasteiger partial charge in [-0.05, 0) is 31.0 Å². The number of nitrogens with two attached hydrogens (primary N) is 1. The van der Waals surface area contributed by atoms with Gasteiger partial charge >= 0.3 is 0 Å². The van der Waals surface area contributed by atoms with Gasteiger partial charge in [0.2, 0.25) is 0 Å². The normalized spacial score (nSPS) is 11.1. The summed E-state index contributed by atoms with van der Waals surface area (Å²) in [5.74, 6) is -0.406. The lowest BCUT2D eigenvalue weighted by Crippen LogP contribution is -2.13. The third-order valence-corrected chi connectivity index (χ3v) is 5.40. The summed E-state index contributed by atoms with van der Waals surface area (Å²) in [6.07, 6.45) is 1.82. The van der Waals surface area contributed by atoms with E-state index in [1.807, 2.05) is 55.5 Å².